The molecule has 0 aliphatic heterocycles. The third-order valence-corrected chi connectivity index (χ3v) is 6.15. The number of carbonyl (C=O) groups is 1. The average Bonchev–Trinajstić information content (AvgIpc) is 3.12. The minimum Gasteiger partial charge on any atom is -0.360 e. The Balaban J connectivity index is 1.81. The summed E-state index contributed by atoms with van der Waals surface area (Å²) in [6.45, 7) is 1.91. The fourth-order valence-electron chi connectivity index (χ4n) is 2.03. The van der Waals surface area contributed by atoms with Gasteiger partial charge in [0.1, 0.15) is 0 Å². The number of ketones is 1. The van der Waals surface area contributed by atoms with Gasteiger partial charge in [-0.05, 0) is 19.2 Å². The molecule has 21 heavy (non-hydrogen) atoms. The number of thioether (sulfide) groups is 2. The number of H-pyrrole nitrogens is 1. The molecule has 0 saturated carbocycles. The number of carbonyl (C=O) groups excluding carboxylic acids is 1. The van der Waals surface area contributed by atoms with Gasteiger partial charge in [0.15, 0.2) is 14.5 Å². The van der Waals surface area contributed by atoms with E-state index < -0.39 is 0 Å². The molecule has 0 aliphatic carbocycles. The van der Waals surface area contributed by atoms with E-state index in [1.807, 2.05) is 37.4 Å². The number of hydrogen-bond acceptors (Lipinski definition) is 6. The van der Waals surface area contributed by atoms with Crippen molar-refractivity contribution >= 4 is 51.5 Å². The molecule has 0 unspecified atom stereocenters. The Bertz CT molecular complexity index is 780. The summed E-state index contributed by atoms with van der Waals surface area (Å²) < 4.78 is 1.75. The fourth-order valence-corrected chi connectivity index (χ4v) is 4.68. The highest BCUT2D eigenvalue weighted by molar-refractivity contribution is 8.03. The lowest BCUT2D eigenvalue weighted by molar-refractivity contribution is 0.0995. The summed E-state index contributed by atoms with van der Waals surface area (Å²) in [6, 6.07) is 7.84. The molecular weight excluding hydrogens is 322 g/mol. The van der Waals surface area contributed by atoms with Crippen LogP contribution in [0.4, 0.5) is 0 Å². The normalized spacial score (nSPS) is 12.7. The van der Waals surface area contributed by atoms with Crippen LogP contribution in [0, 0.1) is 0 Å². The number of benzene rings is 1. The highest BCUT2D eigenvalue weighted by atomic mass is 32.2. The van der Waals surface area contributed by atoms with Crippen LogP contribution in [-0.2, 0) is 0 Å². The zero-order chi connectivity index (χ0) is 14.8. The lowest BCUT2D eigenvalue weighted by atomic mass is 10.1. The molecule has 3 rings (SSSR count). The summed E-state index contributed by atoms with van der Waals surface area (Å²) in [7, 11) is 0. The van der Waals surface area contributed by atoms with Crippen molar-refractivity contribution in [3.8, 4) is 0 Å². The first-order chi connectivity index (χ1) is 10.2. The molecular formula is C14H13N3OS3. The molecule has 0 aliphatic rings. The second-order valence-corrected chi connectivity index (χ2v) is 8.03. The maximum atomic E-state index is 12.6. The monoisotopic (exact) mass is 335 g/mol. The van der Waals surface area contributed by atoms with Crippen molar-refractivity contribution in [2.45, 2.75) is 20.9 Å². The van der Waals surface area contributed by atoms with E-state index in [1.54, 1.807) is 18.0 Å². The summed E-state index contributed by atoms with van der Waals surface area (Å²) in [5.74, 6) is 0.110. The molecule has 0 saturated heterocycles. The lowest BCUT2D eigenvalue weighted by Gasteiger charge is -2.06. The maximum absolute atomic E-state index is 12.6. The third-order valence-electron chi connectivity index (χ3n) is 3.06. The average molecular weight is 335 g/mol. The van der Waals surface area contributed by atoms with Gasteiger partial charge in [-0.2, -0.15) is 0 Å². The van der Waals surface area contributed by atoms with Gasteiger partial charge in [-0.25, -0.2) is 0 Å². The van der Waals surface area contributed by atoms with E-state index in [0.717, 1.165) is 25.1 Å². The molecule has 7 heteroatoms. The van der Waals surface area contributed by atoms with Gasteiger partial charge in [-0.3, -0.25) is 4.79 Å². The van der Waals surface area contributed by atoms with Crippen LogP contribution in [0.1, 0.15) is 17.3 Å². The number of nitrogens with zero attached hydrogens (tertiary/aromatic N) is 2. The standard InChI is InChI=1S/C14H13N3OS3/c1-8(20-14-17-16-13(19-2)21-14)12(18)10-7-15-11-6-4-3-5-9(10)11/h3-8,15H,1-2H3/t8-/m0/s1. The van der Waals surface area contributed by atoms with E-state index in [1.165, 1.54) is 23.1 Å². The summed E-state index contributed by atoms with van der Waals surface area (Å²) in [5.41, 5.74) is 1.72. The van der Waals surface area contributed by atoms with Gasteiger partial charge in [0.2, 0.25) is 0 Å². The fraction of sp³-hybridized carbons (Fsp3) is 0.214. The Labute approximate surface area is 134 Å². The van der Waals surface area contributed by atoms with Crippen LogP contribution >= 0.6 is 34.9 Å². The number of para-hydroxylation sites is 1. The second kappa shape index (κ2) is 6.21. The first-order valence-electron chi connectivity index (χ1n) is 6.33. The van der Waals surface area contributed by atoms with E-state index in [2.05, 4.69) is 15.2 Å². The molecule has 0 amide bonds. The quantitative estimate of drug-likeness (QED) is 0.562. The number of Topliss-reactive ketones (excluding diaryl/α,β-unsaturated/α-hetero) is 1. The van der Waals surface area contributed by atoms with Crippen LogP contribution in [0.2, 0.25) is 0 Å². The van der Waals surface area contributed by atoms with Crippen LogP contribution in [0.3, 0.4) is 0 Å². The zero-order valence-electron chi connectivity index (χ0n) is 11.5. The molecule has 0 bridgehead atoms. The van der Waals surface area contributed by atoms with Gasteiger partial charge in [-0.1, -0.05) is 53.1 Å². The van der Waals surface area contributed by atoms with Crippen LogP contribution in [0.25, 0.3) is 10.9 Å². The van der Waals surface area contributed by atoms with Crippen LogP contribution in [0.5, 0.6) is 0 Å². The van der Waals surface area contributed by atoms with E-state index in [-0.39, 0.29) is 11.0 Å². The molecule has 0 fully saturated rings. The first-order valence-corrected chi connectivity index (χ1v) is 9.25. The number of rotatable bonds is 5. The summed E-state index contributed by atoms with van der Waals surface area (Å²) in [5, 5.41) is 8.94. The molecule has 2 heterocycles. The number of nitrogens with one attached hydrogen (secondary N) is 1. The molecule has 3 aromatic rings. The predicted octanol–water partition coefficient (Wildman–Crippen LogP) is 4.10. The van der Waals surface area contributed by atoms with E-state index in [9.17, 15) is 4.79 Å². The van der Waals surface area contributed by atoms with Crippen molar-refractivity contribution in [3.63, 3.8) is 0 Å². The van der Waals surface area contributed by atoms with E-state index >= 15 is 0 Å². The predicted molar refractivity (Wildman–Crippen MR) is 89.6 cm³/mol. The van der Waals surface area contributed by atoms with Crippen LogP contribution in [0.15, 0.2) is 39.1 Å². The highest BCUT2D eigenvalue weighted by Gasteiger charge is 2.21. The van der Waals surface area contributed by atoms with Crippen molar-refractivity contribution in [2.24, 2.45) is 0 Å². The van der Waals surface area contributed by atoms with Gasteiger partial charge in [-0.15, -0.1) is 10.2 Å². The molecule has 2 aromatic heterocycles. The molecule has 1 aromatic carbocycles. The van der Waals surface area contributed by atoms with E-state index in [4.69, 9.17) is 0 Å². The summed E-state index contributed by atoms with van der Waals surface area (Å²) >= 11 is 4.55. The minimum absolute atomic E-state index is 0.110. The van der Waals surface area contributed by atoms with Crippen LogP contribution in [-0.4, -0.2) is 32.5 Å². The van der Waals surface area contributed by atoms with Crippen molar-refractivity contribution in [1.82, 2.24) is 15.2 Å². The number of fused-ring (bicyclic) bond motifs is 1. The number of aromatic nitrogens is 3. The molecule has 1 N–H and O–H groups in total. The maximum Gasteiger partial charge on any atom is 0.178 e. The van der Waals surface area contributed by atoms with Crippen molar-refractivity contribution in [1.29, 1.82) is 0 Å². The zero-order valence-corrected chi connectivity index (χ0v) is 13.9. The summed E-state index contributed by atoms with van der Waals surface area (Å²) in [6.07, 6.45) is 3.76. The largest absolute Gasteiger partial charge is 0.360 e. The van der Waals surface area contributed by atoms with Crippen molar-refractivity contribution < 1.29 is 4.79 Å². The second-order valence-electron chi connectivity index (χ2n) is 4.41. The molecule has 0 spiro atoms. The van der Waals surface area contributed by atoms with Gasteiger partial charge < -0.3 is 4.98 Å². The van der Waals surface area contributed by atoms with Crippen LogP contribution < -0.4 is 0 Å². The van der Waals surface area contributed by atoms with Gasteiger partial charge in [0, 0.05) is 22.7 Å². The smallest absolute Gasteiger partial charge is 0.178 e. The van der Waals surface area contributed by atoms with Crippen molar-refractivity contribution in [3.05, 3.63) is 36.0 Å². The Hall–Kier alpha value is -1.31. The Morgan fingerprint density at radius 3 is 2.81 bits per heavy atom. The molecule has 0 radical (unpaired) electrons. The van der Waals surface area contributed by atoms with E-state index in [0.29, 0.717) is 0 Å². The summed E-state index contributed by atoms with van der Waals surface area (Å²) in [4.78, 5) is 15.8. The Kier molecular flexibility index (Phi) is 4.32. The van der Waals surface area contributed by atoms with Gasteiger partial charge in [0.05, 0.1) is 5.25 Å². The number of aromatic amines is 1. The molecule has 4 nitrogen and oxygen atoms in total. The Morgan fingerprint density at radius 1 is 1.29 bits per heavy atom. The van der Waals surface area contributed by atoms with Crippen molar-refractivity contribution in [2.75, 3.05) is 6.26 Å². The highest BCUT2D eigenvalue weighted by Crippen LogP contribution is 2.32. The molecule has 1 atom stereocenters. The lowest BCUT2D eigenvalue weighted by Crippen LogP contribution is -2.12. The SMILES string of the molecule is CSc1nnc(S[C@@H](C)C(=O)c2c[nH]c3ccccc23)s1. The Morgan fingerprint density at radius 2 is 2.05 bits per heavy atom. The minimum atomic E-state index is -0.188. The van der Waals surface area contributed by atoms with Gasteiger partial charge in [0.25, 0.3) is 0 Å². The third kappa shape index (κ3) is 3.00. The topological polar surface area (TPSA) is 58.6 Å². The first kappa shape index (κ1) is 14.6. The molecule has 108 valence electrons. The van der Waals surface area contributed by atoms with Gasteiger partial charge >= 0.3 is 0 Å². The number of hydrogen-bond donors (Lipinski definition) is 1.